The molecule has 2 aromatic heterocycles. The summed E-state index contributed by atoms with van der Waals surface area (Å²) in [7, 11) is 0. The van der Waals surface area contributed by atoms with Crippen LogP contribution in [-0.2, 0) is 4.79 Å². The van der Waals surface area contributed by atoms with Crippen LogP contribution < -0.4 is 10.1 Å². The molecule has 0 aliphatic rings. The molecule has 2 heterocycles. The minimum atomic E-state index is -0.135. The normalized spacial score (nSPS) is 10.8. The van der Waals surface area contributed by atoms with Crippen molar-refractivity contribution in [2.24, 2.45) is 0 Å². The lowest BCUT2D eigenvalue weighted by atomic mass is 10.3. The highest BCUT2D eigenvalue weighted by molar-refractivity contribution is 8.00. The largest absolute Gasteiger partial charge is 0.492 e. The minimum absolute atomic E-state index is 0.135. The molecule has 2 aromatic carbocycles. The molecule has 1 amide bonds. The van der Waals surface area contributed by atoms with E-state index in [1.807, 2.05) is 61.5 Å². The van der Waals surface area contributed by atoms with Crippen LogP contribution in [0.3, 0.4) is 0 Å². The highest BCUT2D eigenvalue weighted by atomic mass is 32.2. The van der Waals surface area contributed by atoms with Gasteiger partial charge >= 0.3 is 0 Å². The summed E-state index contributed by atoms with van der Waals surface area (Å²) in [6, 6.07) is 17.2. The molecular formula is C21H19N5O2S. The Hall–Kier alpha value is -3.39. The number of aromatic nitrogens is 4. The van der Waals surface area contributed by atoms with Gasteiger partial charge in [-0.1, -0.05) is 42.1 Å². The van der Waals surface area contributed by atoms with Gasteiger partial charge in [0.2, 0.25) is 5.91 Å². The van der Waals surface area contributed by atoms with Gasteiger partial charge in [-0.2, -0.15) is 5.10 Å². The third-order valence-corrected chi connectivity index (χ3v) is 5.14. The van der Waals surface area contributed by atoms with E-state index < -0.39 is 0 Å². The second kappa shape index (κ2) is 8.74. The summed E-state index contributed by atoms with van der Waals surface area (Å²) >= 11 is 1.35. The maximum atomic E-state index is 12.5. The van der Waals surface area contributed by atoms with Crippen molar-refractivity contribution in [3.63, 3.8) is 0 Å². The van der Waals surface area contributed by atoms with Gasteiger partial charge in [-0.3, -0.25) is 4.79 Å². The van der Waals surface area contributed by atoms with E-state index >= 15 is 0 Å². The Morgan fingerprint density at radius 1 is 1.10 bits per heavy atom. The van der Waals surface area contributed by atoms with Crippen molar-refractivity contribution in [3.8, 4) is 11.4 Å². The number of hydrogen-bond donors (Lipinski definition) is 1. The molecule has 0 radical (unpaired) electrons. The Morgan fingerprint density at radius 2 is 1.90 bits per heavy atom. The van der Waals surface area contributed by atoms with Crippen LogP contribution in [0.15, 0.2) is 72.1 Å². The summed E-state index contributed by atoms with van der Waals surface area (Å²) in [5.74, 6) is 0.731. The maximum absolute atomic E-state index is 12.5. The summed E-state index contributed by atoms with van der Waals surface area (Å²) < 4.78 is 7.31. The molecule has 7 nitrogen and oxygen atoms in total. The van der Waals surface area contributed by atoms with E-state index in [9.17, 15) is 4.79 Å². The summed E-state index contributed by atoms with van der Waals surface area (Å²) in [5, 5.41) is 8.86. The molecule has 8 heteroatoms. The molecule has 4 aromatic rings. The average molecular weight is 405 g/mol. The van der Waals surface area contributed by atoms with Gasteiger partial charge in [0.05, 0.1) is 35.3 Å². The standard InChI is InChI=1S/C21H19N5O2S/c1-2-28-18-11-7-6-10-17(18)25-19(27)13-29-21-16-12-24-26(20(16)22-14-23-21)15-8-4-3-5-9-15/h3-12,14H,2,13H2,1H3,(H,25,27). The van der Waals surface area contributed by atoms with Crippen molar-refractivity contribution in [1.29, 1.82) is 0 Å². The first-order valence-electron chi connectivity index (χ1n) is 9.15. The molecule has 0 spiro atoms. The number of nitrogens with zero attached hydrogens (tertiary/aromatic N) is 4. The molecule has 0 saturated heterocycles. The van der Waals surface area contributed by atoms with Crippen LogP contribution in [0, 0.1) is 0 Å². The predicted molar refractivity (Wildman–Crippen MR) is 114 cm³/mol. The van der Waals surface area contributed by atoms with Gasteiger partial charge in [-0.25, -0.2) is 14.6 Å². The molecule has 0 fully saturated rings. The van der Waals surface area contributed by atoms with E-state index in [0.29, 0.717) is 28.7 Å². The smallest absolute Gasteiger partial charge is 0.234 e. The van der Waals surface area contributed by atoms with Gasteiger partial charge in [0, 0.05) is 0 Å². The number of anilines is 1. The molecular weight excluding hydrogens is 386 g/mol. The predicted octanol–water partition coefficient (Wildman–Crippen LogP) is 3.95. The van der Waals surface area contributed by atoms with Crippen LogP contribution in [0.5, 0.6) is 5.75 Å². The number of para-hydroxylation sites is 3. The zero-order valence-electron chi connectivity index (χ0n) is 15.8. The molecule has 0 atom stereocenters. The SMILES string of the molecule is CCOc1ccccc1NC(=O)CSc1ncnc2c1cnn2-c1ccccc1. The number of carbonyl (C=O) groups is 1. The second-order valence-corrected chi connectivity index (χ2v) is 7.04. The van der Waals surface area contributed by atoms with Gasteiger partial charge in [0.15, 0.2) is 5.65 Å². The zero-order chi connectivity index (χ0) is 20.1. The number of fused-ring (bicyclic) bond motifs is 1. The average Bonchev–Trinajstić information content (AvgIpc) is 3.19. The van der Waals surface area contributed by atoms with Gasteiger partial charge in [-0.05, 0) is 31.2 Å². The molecule has 1 N–H and O–H groups in total. The molecule has 0 saturated carbocycles. The monoisotopic (exact) mass is 405 g/mol. The maximum Gasteiger partial charge on any atom is 0.234 e. The third kappa shape index (κ3) is 4.22. The topological polar surface area (TPSA) is 81.9 Å². The Labute approximate surface area is 172 Å². The fourth-order valence-electron chi connectivity index (χ4n) is 2.87. The van der Waals surface area contributed by atoms with Gasteiger partial charge in [-0.15, -0.1) is 0 Å². The Morgan fingerprint density at radius 3 is 2.72 bits per heavy atom. The van der Waals surface area contributed by atoms with Crippen LogP contribution >= 0.6 is 11.8 Å². The van der Waals surface area contributed by atoms with E-state index in [0.717, 1.165) is 11.1 Å². The van der Waals surface area contributed by atoms with E-state index in [1.54, 1.807) is 10.9 Å². The lowest BCUT2D eigenvalue weighted by molar-refractivity contribution is -0.113. The van der Waals surface area contributed by atoms with Crippen molar-refractivity contribution < 1.29 is 9.53 Å². The lowest BCUT2D eigenvalue weighted by Crippen LogP contribution is -2.15. The van der Waals surface area contributed by atoms with Crippen molar-refractivity contribution in [3.05, 3.63) is 67.1 Å². The number of amides is 1. The molecule has 4 rings (SSSR count). The molecule has 0 bridgehead atoms. The van der Waals surface area contributed by atoms with Gasteiger partial charge in [0.25, 0.3) is 0 Å². The summed E-state index contributed by atoms with van der Waals surface area (Å²) in [5.41, 5.74) is 2.28. The number of thioether (sulfide) groups is 1. The van der Waals surface area contributed by atoms with Crippen molar-refractivity contribution in [2.75, 3.05) is 17.7 Å². The molecule has 29 heavy (non-hydrogen) atoms. The first-order chi connectivity index (χ1) is 14.3. The number of hydrogen-bond acceptors (Lipinski definition) is 6. The highest BCUT2D eigenvalue weighted by Crippen LogP contribution is 2.27. The Balaban J connectivity index is 1.49. The summed E-state index contributed by atoms with van der Waals surface area (Å²) in [6.07, 6.45) is 3.22. The van der Waals surface area contributed by atoms with E-state index in [-0.39, 0.29) is 11.7 Å². The first-order valence-corrected chi connectivity index (χ1v) is 10.1. The van der Waals surface area contributed by atoms with Gasteiger partial charge in [0.1, 0.15) is 17.1 Å². The Kier molecular flexibility index (Phi) is 5.71. The van der Waals surface area contributed by atoms with E-state index in [1.165, 1.54) is 18.1 Å². The zero-order valence-corrected chi connectivity index (χ0v) is 16.6. The number of rotatable bonds is 7. The van der Waals surface area contributed by atoms with E-state index in [4.69, 9.17) is 4.74 Å². The highest BCUT2D eigenvalue weighted by Gasteiger charge is 2.14. The van der Waals surface area contributed by atoms with Crippen LogP contribution in [0.2, 0.25) is 0 Å². The number of carbonyl (C=O) groups excluding carboxylic acids is 1. The van der Waals surface area contributed by atoms with Crippen LogP contribution in [0.4, 0.5) is 5.69 Å². The third-order valence-electron chi connectivity index (χ3n) is 4.13. The van der Waals surface area contributed by atoms with Crippen LogP contribution in [0.1, 0.15) is 6.92 Å². The molecule has 0 aliphatic carbocycles. The minimum Gasteiger partial charge on any atom is -0.492 e. The van der Waals surface area contributed by atoms with Crippen molar-refractivity contribution in [2.45, 2.75) is 11.9 Å². The fourth-order valence-corrected chi connectivity index (χ4v) is 3.63. The first kappa shape index (κ1) is 18.9. The number of ether oxygens (including phenoxy) is 1. The fraction of sp³-hybridized carbons (Fsp3) is 0.143. The van der Waals surface area contributed by atoms with Crippen molar-refractivity contribution in [1.82, 2.24) is 19.7 Å². The van der Waals surface area contributed by atoms with Gasteiger partial charge < -0.3 is 10.1 Å². The molecule has 0 unspecified atom stereocenters. The van der Waals surface area contributed by atoms with Crippen LogP contribution in [-0.4, -0.2) is 38.0 Å². The molecule has 146 valence electrons. The summed E-state index contributed by atoms with van der Waals surface area (Å²) in [6.45, 7) is 2.44. The van der Waals surface area contributed by atoms with Crippen molar-refractivity contribution >= 4 is 34.4 Å². The second-order valence-electron chi connectivity index (χ2n) is 6.07. The lowest BCUT2D eigenvalue weighted by Gasteiger charge is -2.11. The quantitative estimate of drug-likeness (QED) is 0.370. The summed E-state index contributed by atoms with van der Waals surface area (Å²) in [4.78, 5) is 21.2. The number of benzene rings is 2. The van der Waals surface area contributed by atoms with Crippen LogP contribution in [0.25, 0.3) is 16.7 Å². The Bertz CT molecular complexity index is 1130. The van der Waals surface area contributed by atoms with E-state index in [2.05, 4.69) is 20.4 Å². The molecule has 0 aliphatic heterocycles. The number of nitrogens with one attached hydrogen (secondary N) is 1.